The van der Waals surface area contributed by atoms with Crippen molar-refractivity contribution in [1.29, 1.82) is 0 Å². The van der Waals surface area contributed by atoms with Crippen molar-refractivity contribution in [3.05, 3.63) is 29.1 Å². The third-order valence-corrected chi connectivity index (χ3v) is 4.99. The fourth-order valence-electron chi connectivity index (χ4n) is 3.29. The first-order valence-electron chi connectivity index (χ1n) is 7.92. The van der Waals surface area contributed by atoms with Crippen molar-refractivity contribution in [2.24, 2.45) is 5.41 Å². The van der Waals surface area contributed by atoms with Crippen molar-refractivity contribution in [3.8, 4) is 0 Å². The minimum absolute atomic E-state index is 0.243. The van der Waals surface area contributed by atoms with E-state index >= 15 is 0 Å². The molecule has 1 aromatic carbocycles. The van der Waals surface area contributed by atoms with E-state index in [4.69, 9.17) is 0 Å². The van der Waals surface area contributed by atoms with Gasteiger partial charge in [-0.3, -0.25) is 0 Å². The molecule has 2 nitrogen and oxygen atoms in total. The molecule has 0 radical (unpaired) electrons. The average molecular weight is 293 g/mol. The van der Waals surface area contributed by atoms with Gasteiger partial charge in [0.15, 0.2) is 0 Å². The summed E-state index contributed by atoms with van der Waals surface area (Å²) in [6.45, 7) is 8.13. The Kier molecular flexibility index (Phi) is 4.62. The number of aliphatic hydroxyl groups is 1. The fraction of sp³-hybridized carbons (Fsp3) is 0.667. The molecule has 1 aliphatic rings. The Bertz CT molecular complexity index is 500. The quantitative estimate of drug-likeness (QED) is 0.881. The van der Waals surface area contributed by atoms with Crippen LogP contribution in [0.5, 0.6) is 0 Å². The number of nitrogens with zero attached hydrogens (tertiary/aromatic N) is 1. The maximum Gasteiger partial charge on any atom is 0.126 e. The Hall–Kier alpha value is -1.09. The summed E-state index contributed by atoms with van der Waals surface area (Å²) in [5, 5.41) is 9.96. The Labute approximate surface area is 128 Å². The van der Waals surface area contributed by atoms with Gasteiger partial charge in [-0.05, 0) is 62.6 Å². The third-order valence-electron chi connectivity index (χ3n) is 4.99. The van der Waals surface area contributed by atoms with E-state index in [1.54, 1.807) is 13.8 Å². The summed E-state index contributed by atoms with van der Waals surface area (Å²) in [5.41, 5.74) is 2.72. The zero-order valence-electron chi connectivity index (χ0n) is 13.9. The molecule has 0 aliphatic heterocycles. The molecule has 1 saturated carbocycles. The SMILES string of the molecule is Cc1cc(N(C)C2CCC(C)(C)CC2)c(C(C)O)cc1F. The van der Waals surface area contributed by atoms with Crippen LogP contribution in [0.4, 0.5) is 10.1 Å². The second-order valence-corrected chi connectivity index (χ2v) is 7.34. The van der Waals surface area contributed by atoms with Gasteiger partial charge < -0.3 is 10.0 Å². The largest absolute Gasteiger partial charge is 0.389 e. The second-order valence-electron chi connectivity index (χ2n) is 7.34. The standard InChI is InChI=1S/C18H28FNO/c1-12-10-17(15(13(2)21)11-16(12)19)20(5)14-6-8-18(3,4)9-7-14/h10-11,13-14,21H,6-9H2,1-5H3. The molecule has 1 atom stereocenters. The molecule has 0 amide bonds. The van der Waals surface area contributed by atoms with E-state index in [1.165, 1.54) is 18.9 Å². The molecular weight excluding hydrogens is 265 g/mol. The number of hydrogen-bond acceptors (Lipinski definition) is 2. The van der Waals surface area contributed by atoms with Crippen molar-refractivity contribution in [2.45, 2.75) is 65.5 Å². The summed E-state index contributed by atoms with van der Waals surface area (Å²) in [6.07, 6.45) is 4.08. The van der Waals surface area contributed by atoms with E-state index in [0.717, 1.165) is 18.5 Å². The van der Waals surface area contributed by atoms with Crippen LogP contribution >= 0.6 is 0 Å². The molecule has 0 bridgehead atoms. The van der Waals surface area contributed by atoms with Gasteiger partial charge in [0, 0.05) is 24.3 Å². The summed E-state index contributed by atoms with van der Waals surface area (Å²) in [7, 11) is 2.07. The van der Waals surface area contributed by atoms with E-state index in [2.05, 4.69) is 25.8 Å². The molecule has 0 spiro atoms. The summed E-state index contributed by atoms with van der Waals surface area (Å²) in [4.78, 5) is 2.24. The zero-order valence-corrected chi connectivity index (χ0v) is 13.9. The van der Waals surface area contributed by atoms with E-state index in [-0.39, 0.29) is 5.82 Å². The predicted molar refractivity (Wildman–Crippen MR) is 86.2 cm³/mol. The second kappa shape index (κ2) is 5.96. The molecule has 0 saturated heterocycles. The highest BCUT2D eigenvalue weighted by molar-refractivity contribution is 5.57. The fourth-order valence-corrected chi connectivity index (χ4v) is 3.29. The van der Waals surface area contributed by atoms with Gasteiger partial charge in [-0.15, -0.1) is 0 Å². The molecule has 2 rings (SSSR count). The summed E-state index contributed by atoms with van der Waals surface area (Å²) >= 11 is 0. The number of aryl methyl sites for hydroxylation is 1. The zero-order chi connectivity index (χ0) is 15.8. The van der Waals surface area contributed by atoms with Gasteiger partial charge >= 0.3 is 0 Å². The summed E-state index contributed by atoms with van der Waals surface area (Å²) in [6, 6.07) is 3.83. The Morgan fingerprint density at radius 1 is 1.29 bits per heavy atom. The van der Waals surface area contributed by atoms with Gasteiger partial charge in [0.2, 0.25) is 0 Å². The van der Waals surface area contributed by atoms with E-state index < -0.39 is 6.10 Å². The minimum Gasteiger partial charge on any atom is -0.389 e. The maximum absolute atomic E-state index is 13.8. The first kappa shape index (κ1) is 16.3. The predicted octanol–water partition coefficient (Wildman–Crippen LogP) is 4.59. The van der Waals surface area contributed by atoms with Gasteiger partial charge in [0.05, 0.1) is 6.10 Å². The van der Waals surface area contributed by atoms with Gasteiger partial charge in [-0.25, -0.2) is 4.39 Å². The number of hydrogen-bond donors (Lipinski definition) is 1. The van der Waals surface area contributed by atoms with E-state index in [0.29, 0.717) is 22.6 Å². The van der Waals surface area contributed by atoms with Gasteiger partial charge in [0.25, 0.3) is 0 Å². The normalized spacial score (nSPS) is 20.3. The van der Waals surface area contributed by atoms with Gasteiger partial charge in [-0.1, -0.05) is 13.8 Å². The van der Waals surface area contributed by atoms with Crippen LogP contribution in [0.3, 0.4) is 0 Å². The van der Waals surface area contributed by atoms with Crippen LogP contribution in [-0.2, 0) is 0 Å². The lowest BCUT2D eigenvalue weighted by atomic mass is 9.75. The van der Waals surface area contributed by atoms with Crippen LogP contribution in [0.1, 0.15) is 63.7 Å². The van der Waals surface area contributed by atoms with Crippen LogP contribution in [0.25, 0.3) is 0 Å². The molecule has 118 valence electrons. The lowest BCUT2D eigenvalue weighted by Gasteiger charge is -2.40. The van der Waals surface area contributed by atoms with Crippen LogP contribution in [0.2, 0.25) is 0 Å². The Morgan fingerprint density at radius 2 is 1.86 bits per heavy atom. The molecule has 1 aliphatic carbocycles. The summed E-state index contributed by atoms with van der Waals surface area (Å²) in [5.74, 6) is -0.243. The average Bonchev–Trinajstić information content (AvgIpc) is 2.40. The molecule has 0 heterocycles. The first-order valence-corrected chi connectivity index (χ1v) is 7.92. The maximum atomic E-state index is 13.8. The molecule has 21 heavy (non-hydrogen) atoms. The Balaban J connectivity index is 2.26. The van der Waals surface area contributed by atoms with Crippen molar-refractivity contribution >= 4 is 5.69 Å². The van der Waals surface area contributed by atoms with Crippen LogP contribution in [0.15, 0.2) is 12.1 Å². The van der Waals surface area contributed by atoms with Gasteiger partial charge in [0.1, 0.15) is 5.82 Å². The lowest BCUT2D eigenvalue weighted by Crippen LogP contribution is -2.37. The first-order chi connectivity index (χ1) is 9.71. The van der Waals surface area contributed by atoms with Crippen LogP contribution in [-0.4, -0.2) is 18.2 Å². The van der Waals surface area contributed by atoms with E-state index in [1.807, 2.05) is 6.07 Å². The highest BCUT2D eigenvalue weighted by Crippen LogP contribution is 2.39. The summed E-state index contributed by atoms with van der Waals surface area (Å²) < 4.78 is 13.8. The number of aliphatic hydroxyl groups excluding tert-OH is 1. The minimum atomic E-state index is -0.655. The highest BCUT2D eigenvalue weighted by Gasteiger charge is 2.30. The van der Waals surface area contributed by atoms with Crippen LogP contribution < -0.4 is 4.90 Å². The molecule has 1 aromatic rings. The highest BCUT2D eigenvalue weighted by atomic mass is 19.1. The molecule has 0 aromatic heterocycles. The topological polar surface area (TPSA) is 23.5 Å². The molecule has 1 fully saturated rings. The monoisotopic (exact) mass is 293 g/mol. The lowest BCUT2D eigenvalue weighted by molar-refractivity contribution is 0.197. The molecule has 1 unspecified atom stereocenters. The third kappa shape index (κ3) is 3.57. The van der Waals surface area contributed by atoms with Crippen molar-refractivity contribution in [1.82, 2.24) is 0 Å². The van der Waals surface area contributed by atoms with E-state index in [9.17, 15) is 9.50 Å². The van der Waals surface area contributed by atoms with Crippen LogP contribution in [0, 0.1) is 18.2 Å². The number of benzene rings is 1. The smallest absolute Gasteiger partial charge is 0.126 e. The Morgan fingerprint density at radius 3 is 2.38 bits per heavy atom. The van der Waals surface area contributed by atoms with Crippen molar-refractivity contribution in [2.75, 3.05) is 11.9 Å². The van der Waals surface area contributed by atoms with Crippen molar-refractivity contribution in [3.63, 3.8) is 0 Å². The van der Waals surface area contributed by atoms with Gasteiger partial charge in [-0.2, -0.15) is 0 Å². The molecular formula is C18H28FNO. The molecule has 1 N–H and O–H groups in total. The van der Waals surface area contributed by atoms with Crippen molar-refractivity contribution < 1.29 is 9.50 Å². The molecule has 3 heteroatoms. The number of anilines is 1. The number of rotatable bonds is 3. The number of halogens is 1.